The molecule has 1 aromatic carbocycles. The van der Waals surface area contributed by atoms with Crippen LogP contribution in [0.5, 0.6) is 0 Å². The Hall–Kier alpha value is -1.14. The van der Waals surface area contributed by atoms with Crippen LogP contribution in [0, 0.1) is 5.82 Å². The third kappa shape index (κ3) is 2.67. The molecule has 0 radical (unpaired) electrons. The summed E-state index contributed by atoms with van der Waals surface area (Å²) >= 11 is 3.05. The number of carbonyl (C=O) groups is 1. The van der Waals surface area contributed by atoms with E-state index in [4.69, 9.17) is 5.11 Å². The number of likely N-dealkylation sites (N-methyl/N-ethyl adjacent to an activating group) is 1. The third-order valence-corrected chi connectivity index (χ3v) is 4.77. The topological polar surface area (TPSA) is 43.8 Å². The molecule has 2 unspecified atom stereocenters. The van der Waals surface area contributed by atoms with E-state index in [1.807, 2.05) is 4.90 Å². The third-order valence-electron chi connectivity index (χ3n) is 3.99. The number of carboxylic acid groups (broad SMARTS) is 1. The van der Waals surface area contributed by atoms with Crippen molar-refractivity contribution in [3.8, 4) is 0 Å². The van der Waals surface area contributed by atoms with E-state index in [0.717, 1.165) is 13.1 Å². The first-order valence-electron chi connectivity index (χ1n) is 6.51. The molecule has 4 nitrogen and oxygen atoms in total. The van der Waals surface area contributed by atoms with E-state index in [2.05, 4.69) is 41.7 Å². The molecule has 1 N–H and O–H groups in total. The zero-order valence-electron chi connectivity index (χ0n) is 11.7. The van der Waals surface area contributed by atoms with Crippen LogP contribution in [0.2, 0.25) is 0 Å². The Morgan fingerprint density at radius 2 is 1.90 bits per heavy atom. The summed E-state index contributed by atoms with van der Waals surface area (Å²) in [6.07, 6.45) is 0. The van der Waals surface area contributed by atoms with Crippen molar-refractivity contribution in [3.63, 3.8) is 0 Å². The highest BCUT2D eigenvalue weighted by Crippen LogP contribution is 2.31. The van der Waals surface area contributed by atoms with Crippen molar-refractivity contribution in [1.29, 1.82) is 0 Å². The van der Waals surface area contributed by atoms with Crippen molar-refractivity contribution in [2.24, 2.45) is 0 Å². The zero-order chi connectivity index (χ0) is 15.0. The maximum absolute atomic E-state index is 14.4. The van der Waals surface area contributed by atoms with Crippen molar-refractivity contribution in [2.75, 3.05) is 25.0 Å². The summed E-state index contributed by atoms with van der Waals surface area (Å²) in [6, 6.07) is 3.62. The first kappa shape index (κ1) is 15.3. The Kier molecular flexibility index (Phi) is 4.34. The second-order valence-electron chi connectivity index (χ2n) is 5.33. The predicted molar refractivity (Wildman–Crippen MR) is 80.0 cm³/mol. The van der Waals surface area contributed by atoms with E-state index in [1.54, 1.807) is 6.07 Å². The van der Waals surface area contributed by atoms with Crippen molar-refractivity contribution in [1.82, 2.24) is 4.90 Å². The summed E-state index contributed by atoms with van der Waals surface area (Å²) in [5.41, 5.74) is 0.398. The van der Waals surface area contributed by atoms with Crippen LogP contribution in [0.3, 0.4) is 0 Å². The molecule has 20 heavy (non-hydrogen) atoms. The van der Waals surface area contributed by atoms with Crippen LogP contribution in [0.15, 0.2) is 16.6 Å². The minimum Gasteiger partial charge on any atom is -0.478 e. The van der Waals surface area contributed by atoms with Gasteiger partial charge in [0.2, 0.25) is 0 Å². The highest BCUT2D eigenvalue weighted by Gasteiger charge is 2.29. The van der Waals surface area contributed by atoms with Crippen LogP contribution in [0.4, 0.5) is 10.1 Å². The number of halogens is 2. The Morgan fingerprint density at radius 1 is 1.35 bits per heavy atom. The van der Waals surface area contributed by atoms with Crippen molar-refractivity contribution in [3.05, 3.63) is 28.0 Å². The molecule has 1 aliphatic rings. The number of carboxylic acids is 1. The van der Waals surface area contributed by atoms with Gasteiger partial charge < -0.3 is 10.0 Å². The highest BCUT2D eigenvalue weighted by atomic mass is 79.9. The molecule has 1 heterocycles. The lowest BCUT2D eigenvalue weighted by Crippen LogP contribution is -2.55. The predicted octanol–water partition coefficient (Wildman–Crippen LogP) is 2.82. The number of nitrogens with zero attached hydrogens (tertiary/aromatic N) is 2. The van der Waals surface area contributed by atoms with Crippen LogP contribution < -0.4 is 4.90 Å². The minimum atomic E-state index is -1.14. The molecule has 1 fully saturated rings. The van der Waals surface area contributed by atoms with Crippen LogP contribution in [-0.2, 0) is 0 Å². The van der Waals surface area contributed by atoms with E-state index in [0.29, 0.717) is 17.8 Å². The Labute approximate surface area is 126 Å². The fourth-order valence-electron chi connectivity index (χ4n) is 2.55. The van der Waals surface area contributed by atoms with E-state index >= 15 is 0 Å². The van der Waals surface area contributed by atoms with E-state index < -0.39 is 11.8 Å². The SMILES string of the molecule is CC1CN(c2ccc(C(=O)O)c(Br)c2F)CC(C)N1C. The summed E-state index contributed by atoms with van der Waals surface area (Å²) in [7, 11) is 2.06. The molecule has 1 aliphatic heterocycles. The van der Waals surface area contributed by atoms with Gasteiger partial charge in [0.1, 0.15) is 0 Å². The average Bonchev–Trinajstić information content (AvgIpc) is 2.38. The Morgan fingerprint density at radius 3 is 2.40 bits per heavy atom. The number of benzene rings is 1. The highest BCUT2D eigenvalue weighted by molar-refractivity contribution is 9.10. The van der Waals surface area contributed by atoms with Gasteiger partial charge in [0.25, 0.3) is 0 Å². The lowest BCUT2D eigenvalue weighted by atomic mass is 10.1. The van der Waals surface area contributed by atoms with Crippen molar-refractivity contribution in [2.45, 2.75) is 25.9 Å². The van der Waals surface area contributed by atoms with Crippen molar-refractivity contribution >= 4 is 27.6 Å². The van der Waals surface area contributed by atoms with Crippen molar-refractivity contribution < 1.29 is 14.3 Å². The second kappa shape index (κ2) is 5.69. The van der Waals surface area contributed by atoms with Gasteiger partial charge in [0.05, 0.1) is 15.7 Å². The summed E-state index contributed by atoms with van der Waals surface area (Å²) in [4.78, 5) is 15.2. The minimum absolute atomic E-state index is 0.0155. The first-order chi connectivity index (χ1) is 9.32. The van der Waals surface area contributed by atoms with Gasteiger partial charge in [-0.2, -0.15) is 0 Å². The van der Waals surface area contributed by atoms with Gasteiger partial charge in [-0.15, -0.1) is 0 Å². The van der Waals surface area contributed by atoms with Crippen LogP contribution >= 0.6 is 15.9 Å². The summed E-state index contributed by atoms with van der Waals surface area (Å²) in [6.45, 7) is 5.63. The molecule has 2 atom stereocenters. The maximum atomic E-state index is 14.4. The van der Waals surface area contributed by atoms with Gasteiger partial charge in [-0.05, 0) is 49.0 Å². The monoisotopic (exact) mass is 344 g/mol. The van der Waals surface area contributed by atoms with Gasteiger partial charge in [0.15, 0.2) is 5.82 Å². The van der Waals surface area contributed by atoms with Gasteiger partial charge in [-0.1, -0.05) is 0 Å². The fraction of sp³-hybridized carbons (Fsp3) is 0.500. The molecule has 0 bridgehead atoms. The Bertz CT molecular complexity index is 526. The zero-order valence-corrected chi connectivity index (χ0v) is 13.3. The van der Waals surface area contributed by atoms with E-state index in [-0.39, 0.29) is 10.0 Å². The van der Waals surface area contributed by atoms with Crippen LogP contribution in [-0.4, -0.2) is 48.2 Å². The van der Waals surface area contributed by atoms with E-state index in [9.17, 15) is 9.18 Å². The molecule has 6 heteroatoms. The van der Waals surface area contributed by atoms with Crippen LogP contribution in [0.1, 0.15) is 24.2 Å². The quantitative estimate of drug-likeness (QED) is 0.895. The number of aromatic carboxylic acids is 1. The lowest BCUT2D eigenvalue weighted by Gasteiger charge is -2.43. The number of anilines is 1. The van der Waals surface area contributed by atoms with E-state index in [1.165, 1.54) is 6.07 Å². The van der Waals surface area contributed by atoms with Gasteiger partial charge in [0, 0.05) is 25.2 Å². The first-order valence-corrected chi connectivity index (χ1v) is 7.30. The molecular formula is C14H18BrFN2O2. The molecule has 110 valence electrons. The normalized spacial score (nSPS) is 23.9. The molecule has 2 rings (SSSR count). The molecule has 0 aliphatic carbocycles. The Balaban J connectivity index is 2.34. The van der Waals surface area contributed by atoms with Gasteiger partial charge in [-0.3, -0.25) is 4.90 Å². The largest absolute Gasteiger partial charge is 0.478 e. The summed E-state index contributed by atoms with van der Waals surface area (Å²) in [5.74, 6) is -1.64. The van der Waals surface area contributed by atoms with Gasteiger partial charge >= 0.3 is 5.97 Å². The standard InChI is InChI=1S/C14H18BrFN2O2/c1-8-6-18(7-9(2)17(8)3)11-5-4-10(14(19)20)12(15)13(11)16/h4-5,8-9H,6-7H2,1-3H3,(H,19,20). The van der Waals surface area contributed by atoms with Crippen LogP contribution in [0.25, 0.3) is 0 Å². The number of hydrogen-bond acceptors (Lipinski definition) is 3. The molecular weight excluding hydrogens is 327 g/mol. The smallest absolute Gasteiger partial charge is 0.336 e. The molecule has 1 saturated heterocycles. The summed E-state index contributed by atoms with van der Waals surface area (Å²) < 4.78 is 14.4. The average molecular weight is 345 g/mol. The molecule has 0 amide bonds. The molecule has 0 spiro atoms. The molecule has 0 saturated carbocycles. The number of hydrogen-bond donors (Lipinski definition) is 1. The molecule has 1 aromatic rings. The summed E-state index contributed by atoms with van der Waals surface area (Å²) in [5, 5.41) is 8.99. The fourth-order valence-corrected chi connectivity index (χ4v) is 3.05. The maximum Gasteiger partial charge on any atom is 0.336 e. The number of rotatable bonds is 2. The molecule has 0 aromatic heterocycles. The number of piperazine rings is 1. The second-order valence-corrected chi connectivity index (χ2v) is 6.13. The lowest BCUT2D eigenvalue weighted by molar-refractivity contribution is 0.0695. The van der Waals surface area contributed by atoms with Gasteiger partial charge in [-0.25, -0.2) is 9.18 Å².